The molecular formula is C14H19Cl2NS. The van der Waals surface area contributed by atoms with Crippen LogP contribution in [-0.2, 0) is 6.42 Å². The van der Waals surface area contributed by atoms with Crippen molar-refractivity contribution >= 4 is 35.0 Å². The van der Waals surface area contributed by atoms with E-state index >= 15 is 0 Å². The molecule has 0 aliphatic carbocycles. The second kappa shape index (κ2) is 6.51. The molecule has 0 aromatic heterocycles. The molecular weight excluding hydrogens is 285 g/mol. The van der Waals surface area contributed by atoms with Crippen LogP contribution < -0.4 is 5.32 Å². The summed E-state index contributed by atoms with van der Waals surface area (Å²) in [5, 5.41) is 4.17. The number of thioether (sulfide) groups is 1. The van der Waals surface area contributed by atoms with Gasteiger partial charge in [0.05, 0.1) is 0 Å². The summed E-state index contributed by atoms with van der Waals surface area (Å²) in [5.41, 5.74) is 1.35. The third-order valence-corrected chi connectivity index (χ3v) is 5.95. The van der Waals surface area contributed by atoms with E-state index in [1.54, 1.807) is 0 Å². The summed E-state index contributed by atoms with van der Waals surface area (Å²) in [5.74, 6) is 1.13. The van der Waals surface area contributed by atoms with E-state index in [2.05, 4.69) is 36.5 Å². The van der Waals surface area contributed by atoms with Gasteiger partial charge < -0.3 is 5.32 Å². The highest BCUT2D eigenvalue weighted by Gasteiger charge is 2.28. The Labute approximate surface area is 124 Å². The van der Waals surface area contributed by atoms with Crippen LogP contribution in [0.4, 0.5) is 0 Å². The third-order valence-electron chi connectivity index (χ3n) is 3.61. The van der Waals surface area contributed by atoms with E-state index < -0.39 is 0 Å². The normalized spacial score (nSPS) is 18.9. The number of hydrogen-bond acceptors (Lipinski definition) is 2. The van der Waals surface area contributed by atoms with Gasteiger partial charge in [-0.05, 0) is 24.5 Å². The maximum Gasteiger partial charge on any atom is 0.0451 e. The van der Waals surface area contributed by atoms with Crippen LogP contribution in [0.15, 0.2) is 29.2 Å². The SMILES string of the molecule is CCC(CCl)(CCl)NCC1Cc2ccccc2S1. The van der Waals surface area contributed by atoms with E-state index in [0.717, 1.165) is 19.4 Å². The largest absolute Gasteiger partial charge is 0.308 e. The van der Waals surface area contributed by atoms with Crippen LogP contribution in [0.1, 0.15) is 18.9 Å². The predicted octanol–water partition coefficient (Wildman–Crippen LogP) is 3.92. The first-order chi connectivity index (χ1) is 8.73. The van der Waals surface area contributed by atoms with E-state index in [0.29, 0.717) is 17.0 Å². The standard InChI is InChI=1S/C14H19Cl2NS/c1-2-14(9-15,10-16)17-8-12-7-11-5-3-4-6-13(11)18-12/h3-6,12,17H,2,7-10H2,1H3. The van der Waals surface area contributed by atoms with Gasteiger partial charge in [-0.1, -0.05) is 25.1 Å². The Balaban J connectivity index is 1.90. The zero-order valence-electron chi connectivity index (χ0n) is 10.6. The number of hydrogen-bond donors (Lipinski definition) is 1. The molecule has 100 valence electrons. The summed E-state index contributed by atoms with van der Waals surface area (Å²) in [6, 6.07) is 8.65. The van der Waals surface area contributed by atoms with Gasteiger partial charge in [-0.3, -0.25) is 0 Å². The molecule has 0 amide bonds. The van der Waals surface area contributed by atoms with Crippen LogP contribution in [0, 0.1) is 0 Å². The molecule has 2 rings (SSSR count). The topological polar surface area (TPSA) is 12.0 Å². The Morgan fingerprint density at radius 2 is 2.06 bits per heavy atom. The average Bonchev–Trinajstić information content (AvgIpc) is 2.84. The smallest absolute Gasteiger partial charge is 0.0451 e. The van der Waals surface area contributed by atoms with Crippen molar-refractivity contribution in [1.82, 2.24) is 5.32 Å². The summed E-state index contributed by atoms with van der Waals surface area (Å²) < 4.78 is 0. The van der Waals surface area contributed by atoms with Gasteiger partial charge in [0.25, 0.3) is 0 Å². The number of benzene rings is 1. The minimum absolute atomic E-state index is 0.113. The highest BCUT2D eigenvalue weighted by Crippen LogP contribution is 2.36. The van der Waals surface area contributed by atoms with Crippen molar-refractivity contribution < 1.29 is 0 Å². The van der Waals surface area contributed by atoms with E-state index in [4.69, 9.17) is 23.2 Å². The molecule has 1 aromatic rings. The Hall–Kier alpha value is 0.110. The molecule has 0 bridgehead atoms. The van der Waals surface area contributed by atoms with Gasteiger partial charge in [-0.2, -0.15) is 0 Å². The van der Waals surface area contributed by atoms with Crippen LogP contribution in [-0.4, -0.2) is 29.1 Å². The van der Waals surface area contributed by atoms with Crippen molar-refractivity contribution in [3.05, 3.63) is 29.8 Å². The van der Waals surface area contributed by atoms with Gasteiger partial charge in [0, 0.05) is 34.0 Å². The Bertz CT molecular complexity index is 360. The van der Waals surface area contributed by atoms with Crippen LogP contribution >= 0.6 is 35.0 Å². The zero-order valence-corrected chi connectivity index (χ0v) is 12.9. The first-order valence-corrected chi connectivity index (χ1v) is 8.29. The fourth-order valence-corrected chi connectivity index (χ4v) is 4.24. The van der Waals surface area contributed by atoms with E-state index in [1.165, 1.54) is 10.5 Å². The van der Waals surface area contributed by atoms with Crippen molar-refractivity contribution in [2.45, 2.75) is 35.4 Å². The molecule has 1 N–H and O–H groups in total. The van der Waals surface area contributed by atoms with Crippen molar-refractivity contribution in [2.24, 2.45) is 0 Å². The van der Waals surface area contributed by atoms with Crippen LogP contribution in [0.25, 0.3) is 0 Å². The zero-order chi connectivity index (χ0) is 13.0. The number of rotatable bonds is 6. The minimum atomic E-state index is -0.113. The molecule has 1 heterocycles. The highest BCUT2D eigenvalue weighted by atomic mass is 35.5. The number of alkyl halides is 2. The summed E-state index contributed by atoms with van der Waals surface area (Å²) in [6.45, 7) is 3.10. The van der Waals surface area contributed by atoms with E-state index in [1.807, 2.05) is 11.8 Å². The Morgan fingerprint density at radius 3 is 2.67 bits per heavy atom. The molecule has 4 heteroatoms. The lowest BCUT2D eigenvalue weighted by Crippen LogP contribution is -2.50. The first kappa shape index (κ1) is 14.5. The second-order valence-electron chi connectivity index (χ2n) is 4.83. The fraction of sp³-hybridized carbons (Fsp3) is 0.571. The molecule has 0 fully saturated rings. The van der Waals surface area contributed by atoms with Crippen molar-refractivity contribution in [1.29, 1.82) is 0 Å². The van der Waals surface area contributed by atoms with Crippen LogP contribution in [0.3, 0.4) is 0 Å². The van der Waals surface area contributed by atoms with E-state index in [9.17, 15) is 0 Å². The van der Waals surface area contributed by atoms with Crippen molar-refractivity contribution in [2.75, 3.05) is 18.3 Å². The maximum atomic E-state index is 6.05. The van der Waals surface area contributed by atoms with Gasteiger partial charge in [0.1, 0.15) is 0 Å². The average molecular weight is 304 g/mol. The van der Waals surface area contributed by atoms with Gasteiger partial charge >= 0.3 is 0 Å². The molecule has 18 heavy (non-hydrogen) atoms. The molecule has 1 atom stereocenters. The Morgan fingerprint density at radius 1 is 1.33 bits per heavy atom. The lowest BCUT2D eigenvalue weighted by molar-refractivity contribution is 0.387. The fourth-order valence-electron chi connectivity index (χ4n) is 2.14. The predicted molar refractivity (Wildman–Crippen MR) is 82.3 cm³/mol. The summed E-state index contributed by atoms with van der Waals surface area (Å²) in [4.78, 5) is 1.42. The van der Waals surface area contributed by atoms with Crippen molar-refractivity contribution in [3.8, 4) is 0 Å². The lowest BCUT2D eigenvalue weighted by Gasteiger charge is -2.30. The molecule has 0 spiro atoms. The molecule has 0 saturated carbocycles. The van der Waals surface area contributed by atoms with Gasteiger partial charge in [-0.25, -0.2) is 0 Å². The number of nitrogens with one attached hydrogen (secondary N) is 1. The maximum absolute atomic E-state index is 6.05. The van der Waals surface area contributed by atoms with Gasteiger partial charge in [-0.15, -0.1) is 35.0 Å². The first-order valence-electron chi connectivity index (χ1n) is 6.34. The third kappa shape index (κ3) is 3.16. The lowest BCUT2D eigenvalue weighted by atomic mass is 10.0. The highest BCUT2D eigenvalue weighted by molar-refractivity contribution is 8.00. The van der Waals surface area contributed by atoms with E-state index in [-0.39, 0.29) is 5.54 Å². The van der Waals surface area contributed by atoms with Crippen molar-refractivity contribution in [3.63, 3.8) is 0 Å². The summed E-state index contributed by atoms with van der Waals surface area (Å²) >= 11 is 14.1. The molecule has 1 aromatic carbocycles. The Kier molecular flexibility index (Phi) is 5.25. The summed E-state index contributed by atoms with van der Waals surface area (Å²) in [7, 11) is 0. The molecule has 1 aliphatic heterocycles. The number of fused-ring (bicyclic) bond motifs is 1. The molecule has 1 unspecified atom stereocenters. The second-order valence-corrected chi connectivity index (χ2v) is 6.71. The quantitative estimate of drug-likeness (QED) is 0.800. The summed E-state index contributed by atoms with van der Waals surface area (Å²) in [6.07, 6.45) is 2.10. The molecule has 0 saturated heterocycles. The molecule has 1 nitrogen and oxygen atoms in total. The van der Waals surface area contributed by atoms with Gasteiger partial charge in [0.15, 0.2) is 0 Å². The molecule has 1 aliphatic rings. The van der Waals surface area contributed by atoms with Crippen LogP contribution in [0.2, 0.25) is 0 Å². The number of halogens is 2. The monoisotopic (exact) mass is 303 g/mol. The van der Waals surface area contributed by atoms with Gasteiger partial charge in [0.2, 0.25) is 0 Å². The van der Waals surface area contributed by atoms with Crippen LogP contribution in [0.5, 0.6) is 0 Å². The minimum Gasteiger partial charge on any atom is -0.308 e. The molecule has 0 radical (unpaired) electrons.